The summed E-state index contributed by atoms with van der Waals surface area (Å²) in [4.78, 5) is 36.3. The van der Waals surface area contributed by atoms with Crippen molar-refractivity contribution in [3.63, 3.8) is 0 Å². The van der Waals surface area contributed by atoms with Crippen molar-refractivity contribution in [2.75, 3.05) is 26.6 Å². The number of nitrogens with zero attached hydrogens (tertiary/aromatic N) is 2. The second-order valence-corrected chi connectivity index (χ2v) is 10.6. The highest BCUT2D eigenvalue weighted by molar-refractivity contribution is 6.31. The number of aromatic nitrogens is 2. The first-order valence-corrected chi connectivity index (χ1v) is 14.6. The predicted octanol–water partition coefficient (Wildman–Crippen LogP) is 7.53. The van der Waals surface area contributed by atoms with Gasteiger partial charge in [0.2, 0.25) is 0 Å². The van der Waals surface area contributed by atoms with Crippen LogP contribution in [-0.2, 0) is 9.53 Å². The Morgan fingerprint density at radius 3 is 1.89 bits per heavy atom. The van der Waals surface area contributed by atoms with Crippen LogP contribution >= 0.6 is 11.6 Å². The second kappa shape index (κ2) is 13.7. The van der Waals surface area contributed by atoms with Crippen LogP contribution in [0.15, 0.2) is 78.9 Å². The Bertz CT molecular complexity index is 1860. The largest absolute Gasteiger partial charge is 0.497 e. The zero-order valence-electron chi connectivity index (χ0n) is 25.5. The van der Waals surface area contributed by atoms with Crippen LogP contribution in [0.4, 0.5) is 5.69 Å². The molecule has 1 atom stereocenters. The minimum atomic E-state index is -1.05. The number of benzene rings is 4. The summed E-state index contributed by atoms with van der Waals surface area (Å²) in [5, 5.41) is 3.30. The quantitative estimate of drug-likeness (QED) is 0.159. The molecular weight excluding hydrogens is 594 g/mol. The number of aryl methyl sites for hydroxylation is 1. The fraction of sp³-hybridized carbons (Fsp3) is 0.200. The first-order chi connectivity index (χ1) is 21.7. The molecule has 5 aromatic rings. The topological polar surface area (TPSA) is 109 Å². The number of carbonyl (C=O) groups excluding carboxylic acids is 2. The highest BCUT2D eigenvalue weighted by Gasteiger charge is 2.24. The standard InChI is InChI=1S/C35H32ClN3O6/c1-6-30(34(40)39-29-17-20(2)26(36)19-31(29)44-5)45-35(41)23-11-16-27-28(18-23)38-33(22-9-14-25(43-4)15-10-22)32(37-27)21-7-12-24(42-3)13-8-21/h7-19,30H,6H2,1-5H3,(H,39,40). The molecule has 1 heterocycles. The maximum Gasteiger partial charge on any atom is 0.338 e. The van der Waals surface area contributed by atoms with Crippen LogP contribution in [0.25, 0.3) is 33.5 Å². The third-order valence-corrected chi connectivity index (χ3v) is 7.69. The van der Waals surface area contributed by atoms with Crippen LogP contribution in [0.5, 0.6) is 17.2 Å². The van der Waals surface area contributed by atoms with E-state index in [0.717, 1.165) is 22.4 Å². The van der Waals surface area contributed by atoms with Gasteiger partial charge in [-0.15, -0.1) is 0 Å². The Labute approximate surface area is 266 Å². The summed E-state index contributed by atoms with van der Waals surface area (Å²) < 4.78 is 21.7. The van der Waals surface area contributed by atoms with Crippen molar-refractivity contribution in [3.05, 3.63) is 95.0 Å². The molecule has 1 amide bonds. The number of hydrogen-bond acceptors (Lipinski definition) is 8. The normalized spacial score (nSPS) is 11.5. The maximum absolute atomic E-state index is 13.3. The van der Waals surface area contributed by atoms with Gasteiger partial charge in [-0.1, -0.05) is 18.5 Å². The zero-order chi connectivity index (χ0) is 32.1. The maximum atomic E-state index is 13.3. The van der Waals surface area contributed by atoms with E-state index in [0.29, 0.717) is 44.6 Å². The molecule has 0 fully saturated rings. The molecule has 0 aliphatic rings. The molecule has 9 nitrogen and oxygen atoms in total. The van der Waals surface area contributed by atoms with Gasteiger partial charge >= 0.3 is 5.97 Å². The molecular formula is C35H32ClN3O6. The van der Waals surface area contributed by atoms with Crippen LogP contribution in [0, 0.1) is 6.92 Å². The minimum Gasteiger partial charge on any atom is -0.497 e. The van der Waals surface area contributed by atoms with Crippen LogP contribution in [0.2, 0.25) is 5.02 Å². The van der Waals surface area contributed by atoms with Gasteiger partial charge in [-0.25, -0.2) is 14.8 Å². The number of amides is 1. The number of anilines is 1. The molecule has 10 heteroatoms. The van der Waals surface area contributed by atoms with Gasteiger partial charge < -0.3 is 24.3 Å². The van der Waals surface area contributed by atoms with E-state index in [4.69, 9.17) is 40.5 Å². The Kier molecular flexibility index (Phi) is 9.49. The molecule has 1 unspecified atom stereocenters. The second-order valence-electron chi connectivity index (χ2n) is 10.2. The van der Waals surface area contributed by atoms with Gasteiger partial charge in [0.1, 0.15) is 17.2 Å². The van der Waals surface area contributed by atoms with Crippen LogP contribution in [-0.4, -0.2) is 49.3 Å². The summed E-state index contributed by atoms with van der Waals surface area (Å²) in [5.41, 5.74) is 5.47. The van der Waals surface area contributed by atoms with E-state index < -0.39 is 18.0 Å². The highest BCUT2D eigenvalue weighted by Crippen LogP contribution is 2.34. The number of rotatable bonds is 10. The number of halogens is 1. The van der Waals surface area contributed by atoms with Crippen molar-refractivity contribution in [2.24, 2.45) is 0 Å². The third kappa shape index (κ3) is 6.84. The van der Waals surface area contributed by atoms with E-state index in [1.807, 2.05) is 55.5 Å². The lowest BCUT2D eigenvalue weighted by Gasteiger charge is -2.18. The summed E-state index contributed by atoms with van der Waals surface area (Å²) in [7, 11) is 4.70. The number of esters is 1. The fourth-order valence-electron chi connectivity index (χ4n) is 4.74. The molecule has 230 valence electrons. The molecule has 0 aliphatic carbocycles. The van der Waals surface area contributed by atoms with Crippen molar-refractivity contribution in [1.82, 2.24) is 9.97 Å². The average molecular weight is 626 g/mol. The Morgan fingerprint density at radius 1 is 0.778 bits per heavy atom. The number of methoxy groups -OCH3 is 3. The van der Waals surface area contributed by atoms with E-state index >= 15 is 0 Å². The Balaban J connectivity index is 1.45. The van der Waals surface area contributed by atoms with Gasteiger partial charge in [-0.3, -0.25) is 4.79 Å². The van der Waals surface area contributed by atoms with Crippen molar-refractivity contribution in [3.8, 4) is 39.8 Å². The zero-order valence-corrected chi connectivity index (χ0v) is 26.3. The smallest absolute Gasteiger partial charge is 0.338 e. The van der Waals surface area contributed by atoms with E-state index in [-0.39, 0.29) is 12.0 Å². The molecule has 1 N–H and O–H groups in total. The lowest BCUT2D eigenvalue weighted by molar-refractivity contribution is -0.124. The molecule has 0 spiro atoms. The SMILES string of the molecule is CCC(OC(=O)c1ccc2nc(-c3ccc(OC)cc3)c(-c3ccc(OC)cc3)nc2c1)C(=O)Nc1cc(C)c(Cl)cc1OC. The van der Waals surface area contributed by atoms with Gasteiger partial charge in [-0.2, -0.15) is 0 Å². The Hall–Kier alpha value is -5.15. The van der Waals surface area contributed by atoms with Crippen molar-refractivity contribution in [1.29, 1.82) is 0 Å². The van der Waals surface area contributed by atoms with Gasteiger partial charge in [0, 0.05) is 22.2 Å². The highest BCUT2D eigenvalue weighted by atomic mass is 35.5. The van der Waals surface area contributed by atoms with E-state index in [1.165, 1.54) is 7.11 Å². The van der Waals surface area contributed by atoms with Crippen molar-refractivity contribution in [2.45, 2.75) is 26.4 Å². The molecule has 5 rings (SSSR count). The predicted molar refractivity (Wildman–Crippen MR) is 174 cm³/mol. The molecule has 4 aromatic carbocycles. The van der Waals surface area contributed by atoms with Gasteiger partial charge in [0.25, 0.3) is 5.91 Å². The summed E-state index contributed by atoms with van der Waals surface area (Å²) in [6, 6.07) is 23.3. The molecule has 45 heavy (non-hydrogen) atoms. The first kappa shape index (κ1) is 31.3. The van der Waals surface area contributed by atoms with Crippen LogP contribution in [0.1, 0.15) is 29.3 Å². The number of hydrogen-bond donors (Lipinski definition) is 1. The fourth-order valence-corrected chi connectivity index (χ4v) is 4.90. The third-order valence-electron chi connectivity index (χ3n) is 7.28. The first-order valence-electron chi connectivity index (χ1n) is 14.2. The molecule has 1 aromatic heterocycles. The van der Waals surface area contributed by atoms with Gasteiger partial charge in [-0.05, 0) is 91.7 Å². The Morgan fingerprint density at radius 2 is 1.36 bits per heavy atom. The van der Waals surface area contributed by atoms with Gasteiger partial charge in [0.15, 0.2) is 6.10 Å². The van der Waals surface area contributed by atoms with Gasteiger partial charge in [0.05, 0.1) is 55.0 Å². The molecule has 0 saturated heterocycles. The van der Waals surface area contributed by atoms with E-state index in [2.05, 4.69) is 5.32 Å². The number of ether oxygens (including phenoxy) is 4. The lowest BCUT2D eigenvalue weighted by atomic mass is 10.0. The number of fused-ring (bicyclic) bond motifs is 1. The number of nitrogens with one attached hydrogen (secondary N) is 1. The lowest BCUT2D eigenvalue weighted by Crippen LogP contribution is -2.32. The summed E-state index contributed by atoms with van der Waals surface area (Å²) in [6.45, 7) is 3.58. The monoisotopic (exact) mass is 625 g/mol. The summed E-state index contributed by atoms with van der Waals surface area (Å²) >= 11 is 6.20. The van der Waals surface area contributed by atoms with Crippen LogP contribution < -0.4 is 19.5 Å². The van der Waals surface area contributed by atoms with Crippen LogP contribution in [0.3, 0.4) is 0 Å². The summed E-state index contributed by atoms with van der Waals surface area (Å²) in [5.74, 6) is 0.684. The molecule has 0 bridgehead atoms. The molecule has 0 aliphatic heterocycles. The molecule has 0 radical (unpaired) electrons. The number of carbonyl (C=O) groups is 2. The minimum absolute atomic E-state index is 0.237. The van der Waals surface area contributed by atoms with E-state index in [1.54, 1.807) is 51.5 Å². The average Bonchev–Trinajstić information content (AvgIpc) is 3.07. The van der Waals surface area contributed by atoms with Crippen molar-refractivity contribution >= 4 is 40.2 Å². The summed E-state index contributed by atoms with van der Waals surface area (Å²) in [6.07, 6.45) is -0.792. The van der Waals surface area contributed by atoms with E-state index in [9.17, 15) is 9.59 Å². The van der Waals surface area contributed by atoms with Crippen molar-refractivity contribution < 1.29 is 28.5 Å². The molecule has 0 saturated carbocycles.